The van der Waals surface area contributed by atoms with Crippen molar-refractivity contribution in [3.8, 4) is 23.0 Å². The highest BCUT2D eigenvalue weighted by Gasteiger charge is 2.45. The van der Waals surface area contributed by atoms with Crippen LogP contribution < -0.4 is 9.47 Å². The number of aromatic hydroxyl groups is 2. The zero-order valence-corrected chi connectivity index (χ0v) is 16.3. The molecule has 2 aliphatic heterocycles. The van der Waals surface area contributed by atoms with Crippen molar-refractivity contribution >= 4 is 0 Å². The molecule has 0 aliphatic carbocycles. The zero-order chi connectivity index (χ0) is 22.3. The Kier molecular flexibility index (Phi) is 5.93. The number of hydrogen-bond acceptors (Lipinski definition) is 10. The Labute approximate surface area is 177 Å². The van der Waals surface area contributed by atoms with Crippen LogP contribution in [0.3, 0.4) is 0 Å². The first kappa shape index (κ1) is 21.6. The van der Waals surface area contributed by atoms with Gasteiger partial charge in [0, 0.05) is 24.1 Å². The highest BCUT2D eigenvalue weighted by molar-refractivity contribution is 5.52. The maximum atomic E-state index is 10.5. The van der Waals surface area contributed by atoms with Crippen LogP contribution in [0.4, 0.5) is 0 Å². The van der Waals surface area contributed by atoms with E-state index in [9.17, 15) is 35.7 Å². The minimum absolute atomic E-state index is 0.0430. The van der Waals surface area contributed by atoms with Gasteiger partial charge in [-0.15, -0.1) is 0 Å². The number of benzene rings is 2. The molecule has 0 amide bonds. The summed E-state index contributed by atoms with van der Waals surface area (Å²) in [6.07, 6.45) is -8.89. The Hall–Kier alpha value is -2.60. The minimum Gasteiger partial charge on any atom is -0.508 e. The number of phenols is 2. The van der Waals surface area contributed by atoms with E-state index in [0.717, 1.165) is 0 Å². The summed E-state index contributed by atoms with van der Waals surface area (Å²) in [4.78, 5) is 0. The van der Waals surface area contributed by atoms with Gasteiger partial charge in [-0.1, -0.05) is 12.1 Å². The summed E-state index contributed by atoms with van der Waals surface area (Å²) in [6.45, 7) is -0.602. The van der Waals surface area contributed by atoms with Crippen LogP contribution >= 0.6 is 0 Å². The molecule has 0 bridgehead atoms. The third kappa shape index (κ3) is 4.13. The fourth-order valence-electron chi connectivity index (χ4n) is 3.77. The second-order valence-electron chi connectivity index (χ2n) is 7.64. The van der Waals surface area contributed by atoms with Crippen LogP contribution in [-0.2, 0) is 11.2 Å². The Morgan fingerprint density at radius 2 is 1.65 bits per heavy atom. The number of aliphatic hydroxyl groups excluding tert-OH is 5. The Morgan fingerprint density at radius 3 is 2.32 bits per heavy atom. The summed E-state index contributed by atoms with van der Waals surface area (Å²) in [5.74, 6) is 0.145. The largest absolute Gasteiger partial charge is 0.508 e. The fourth-order valence-corrected chi connectivity index (χ4v) is 3.77. The molecule has 4 rings (SSSR count). The van der Waals surface area contributed by atoms with Crippen molar-refractivity contribution in [2.24, 2.45) is 0 Å². The van der Waals surface area contributed by atoms with Crippen molar-refractivity contribution in [1.29, 1.82) is 0 Å². The van der Waals surface area contributed by atoms with E-state index in [1.54, 1.807) is 12.1 Å². The zero-order valence-electron chi connectivity index (χ0n) is 16.3. The van der Waals surface area contributed by atoms with E-state index in [2.05, 4.69) is 0 Å². The molecule has 10 heteroatoms. The second-order valence-corrected chi connectivity index (χ2v) is 7.64. The molecule has 31 heavy (non-hydrogen) atoms. The van der Waals surface area contributed by atoms with E-state index in [1.807, 2.05) is 0 Å². The molecule has 1 fully saturated rings. The molecule has 0 radical (unpaired) electrons. The number of aliphatic hydroxyl groups is 5. The number of phenolic OH excluding ortho intramolecular Hbond substituents is 2. The standard InChI is InChI=1S/C21H24O10/c22-8-16-17(26)18(27)19(28)21(31-16)29-11-5-13(24)12-7-14(25)20(30-15(12)6-11)9-1-3-10(23)4-2-9/h1-6,14,16-28H,7-8H2/t14-,16+,17+,18-,19+,20+,21+/m0/s1. The maximum absolute atomic E-state index is 10.5. The predicted octanol–water partition coefficient (Wildman–Crippen LogP) is -0.686. The summed E-state index contributed by atoms with van der Waals surface area (Å²) in [5, 5.41) is 69.6. The van der Waals surface area contributed by atoms with E-state index in [0.29, 0.717) is 11.1 Å². The van der Waals surface area contributed by atoms with Crippen molar-refractivity contribution in [1.82, 2.24) is 0 Å². The van der Waals surface area contributed by atoms with Crippen molar-refractivity contribution in [2.75, 3.05) is 6.61 Å². The molecule has 2 heterocycles. The monoisotopic (exact) mass is 436 g/mol. The molecule has 1 saturated heterocycles. The summed E-state index contributed by atoms with van der Waals surface area (Å²) in [5.41, 5.74) is 0.986. The van der Waals surface area contributed by atoms with Gasteiger partial charge >= 0.3 is 0 Å². The summed E-state index contributed by atoms with van der Waals surface area (Å²) < 4.78 is 16.8. The number of hydrogen-bond donors (Lipinski definition) is 7. The first-order valence-corrected chi connectivity index (χ1v) is 9.75. The van der Waals surface area contributed by atoms with Crippen LogP contribution in [0.5, 0.6) is 23.0 Å². The molecule has 0 unspecified atom stereocenters. The molecule has 7 N–H and O–H groups in total. The molecule has 0 saturated carbocycles. The van der Waals surface area contributed by atoms with E-state index in [-0.39, 0.29) is 29.4 Å². The van der Waals surface area contributed by atoms with Crippen molar-refractivity contribution in [3.63, 3.8) is 0 Å². The minimum atomic E-state index is -1.61. The highest BCUT2D eigenvalue weighted by Crippen LogP contribution is 2.42. The van der Waals surface area contributed by atoms with Crippen molar-refractivity contribution in [2.45, 2.75) is 49.3 Å². The lowest BCUT2D eigenvalue weighted by Crippen LogP contribution is -2.60. The third-order valence-electron chi connectivity index (χ3n) is 5.50. The van der Waals surface area contributed by atoms with Gasteiger partial charge in [0.05, 0.1) is 12.7 Å². The Bertz CT molecular complexity index is 915. The maximum Gasteiger partial charge on any atom is 0.229 e. The Balaban J connectivity index is 1.58. The molecule has 0 aromatic heterocycles. The lowest BCUT2D eigenvalue weighted by Gasteiger charge is -2.39. The van der Waals surface area contributed by atoms with Gasteiger partial charge in [0.25, 0.3) is 0 Å². The quantitative estimate of drug-likeness (QED) is 0.326. The van der Waals surface area contributed by atoms with Gasteiger partial charge < -0.3 is 50.0 Å². The smallest absolute Gasteiger partial charge is 0.229 e. The lowest BCUT2D eigenvalue weighted by molar-refractivity contribution is -0.277. The molecule has 2 aliphatic rings. The SMILES string of the molecule is OC[C@H]1O[C@@H](Oc2cc(O)c3c(c2)O[C@H](c2ccc(O)cc2)[C@@H](O)C3)[C@H](O)[C@@H](O)[C@@H]1O. The lowest BCUT2D eigenvalue weighted by atomic mass is 9.94. The van der Waals surface area contributed by atoms with Gasteiger partial charge in [0.2, 0.25) is 6.29 Å². The van der Waals surface area contributed by atoms with Gasteiger partial charge in [-0.05, 0) is 17.7 Å². The first-order valence-electron chi connectivity index (χ1n) is 9.75. The van der Waals surface area contributed by atoms with E-state index >= 15 is 0 Å². The molecular weight excluding hydrogens is 412 g/mol. The molecule has 168 valence electrons. The van der Waals surface area contributed by atoms with Crippen LogP contribution in [-0.4, -0.2) is 79.2 Å². The average molecular weight is 436 g/mol. The van der Waals surface area contributed by atoms with E-state index < -0.39 is 49.5 Å². The molecule has 7 atom stereocenters. The Morgan fingerprint density at radius 1 is 0.935 bits per heavy atom. The average Bonchev–Trinajstić information content (AvgIpc) is 2.75. The number of rotatable bonds is 4. The van der Waals surface area contributed by atoms with Gasteiger partial charge in [0.15, 0.2) is 0 Å². The predicted molar refractivity (Wildman–Crippen MR) is 104 cm³/mol. The van der Waals surface area contributed by atoms with Gasteiger partial charge in [-0.3, -0.25) is 0 Å². The molecular formula is C21H24O10. The van der Waals surface area contributed by atoms with Gasteiger partial charge in [-0.2, -0.15) is 0 Å². The first-order chi connectivity index (χ1) is 14.8. The van der Waals surface area contributed by atoms with E-state index in [1.165, 1.54) is 24.3 Å². The third-order valence-corrected chi connectivity index (χ3v) is 5.50. The molecule has 2 aromatic carbocycles. The molecule has 0 spiro atoms. The summed E-state index contributed by atoms with van der Waals surface area (Å²) in [6, 6.07) is 8.85. The molecule has 2 aromatic rings. The van der Waals surface area contributed by atoms with Gasteiger partial charge in [0.1, 0.15) is 53.5 Å². The highest BCUT2D eigenvalue weighted by atomic mass is 16.7. The summed E-state index contributed by atoms with van der Waals surface area (Å²) >= 11 is 0. The molecule has 10 nitrogen and oxygen atoms in total. The van der Waals surface area contributed by atoms with Crippen LogP contribution in [0.15, 0.2) is 36.4 Å². The van der Waals surface area contributed by atoms with Crippen molar-refractivity contribution < 1.29 is 50.0 Å². The topological polar surface area (TPSA) is 169 Å². The fraction of sp³-hybridized carbons (Fsp3) is 0.429. The van der Waals surface area contributed by atoms with Crippen LogP contribution in [0.25, 0.3) is 0 Å². The van der Waals surface area contributed by atoms with Crippen molar-refractivity contribution in [3.05, 3.63) is 47.5 Å². The van der Waals surface area contributed by atoms with Crippen LogP contribution in [0.1, 0.15) is 17.2 Å². The van der Waals surface area contributed by atoms with Gasteiger partial charge in [-0.25, -0.2) is 0 Å². The second kappa shape index (κ2) is 8.50. The summed E-state index contributed by atoms with van der Waals surface area (Å²) in [7, 11) is 0. The van der Waals surface area contributed by atoms with Crippen LogP contribution in [0.2, 0.25) is 0 Å². The number of fused-ring (bicyclic) bond motifs is 1. The van der Waals surface area contributed by atoms with Crippen LogP contribution in [0, 0.1) is 0 Å². The van der Waals surface area contributed by atoms with E-state index in [4.69, 9.17) is 14.2 Å². The number of ether oxygens (including phenoxy) is 3. The normalized spacial score (nSPS) is 32.7.